The van der Waals surface area contributed by atoms with Crippen LogP contribution in [0.2, 0.25) is 0 Å². The summed E-state index contributed by atoms with van der Waals surface area (Å²) in [6.07, 6.45) is 2.20. The van der Waals surface area contributed by atoms with Crippen LogP contribution in [-0.4, -0.2) is 26.8 Å². The number of carboxylic acid groups (broad SMARTS) is 1. The summed E-state index contributed by atoms with van der Waals surface area (Å²) in [5.41, 5.74) is 1.37. The first-order valence-electron chi connectivity index (χ1n) is 6.78. The Balaban J connectivity index is 2.33. The zero-order valence-corrected chi connectivity index (χ0v) is 12.3. The molecule has 110 valence electrons. The third-order valence-corrected chi connectivity index (χ3v) is 3.88. The smallest absolute Gasteiger partial charge is 0.354 e. The summed E-state index contributed by atoms with van der Waals surface area (Å²) in [7, 11) is 0. The minimum Gasteiger partial charge on any atom is -0.477 e. The lowest BCUT2D eigenvalue weighted by Gasteiger charge is -2.23. The standard InChI is InChI=1S/C16H18N2O3/c1-4-16(2,3)11-7-5-10(6-8-11)14(19)12-13(15(20)21)18-9-17-12/h5-9H,4H2,1-3H3,(H,17,18)(H,20,21). The average molecular weight is 286 g/mol. The summed E-state index contributed by atoms with van der Waals surface area (Å²) in [6.45, 7) is 6.39. The molecule has 1 aromatic carbocycles. The number of benzene rings is 1. The number of hydrogen-bond donors (Lipinski definition) is 2. The van der Waals surface area contributed by atoms with Gasteiger partial charge in [-0.05, 0) is 17.4 Å². The van der Waals surface area contributed by atoms with E-state index in [-0.39, 0.29) is 16.8 Å². The second-order valence-electron chi connectivity index (χ2n) is 5.58. The van der Waals surface area contributed by atoms with Gasteiger partial charge in [0.15, 0.2) is 5.69 Å². The highest BCUT2D eigenvalue weighted by Crippen LogP contribution is 2.27. The fourth-order valence-electron chi connectivity index (χ4n) is 2.04. The van der Waals surface area contributed by atoms with Gasteiger partial charge in [0.2, 0.25) is 5.78 Å². The fourth-order valence-corrected chi connectivity index (χ4v) is 2.04. The molecule has 0 saturated carbocycles. The number of imidazole rings is 1. The van der Waals surface area contributed by atoms with Crippen LogP contribution in [-0.2, 0) is 5.41 Å². The van der Waals surface area contributed by atoms with E-state index in [0.29, 0.717) is 5.56 Å². The zero-order valence-electron chi connectivity index (χ0n) is 12.3. The molecular weight excluding hydrogens is 268 g/mol. The van der Waals surface area contributed by atoms with Crippen LogP contribution in [0.3, 0.4) is 0 Å². The van der Waals surface area contributed by atoms with Gasteiger partial charge in [-0.3, -0.25) is 4.79 Å². The fraction of sp³-hybridized carbons (Fsp3) is 0.312. The number of ketones is 1. The summed E-state index contributed by atoms with van der Waals surface area (Å²) in [6, 6.07) is 7.25. The van der Waals surface area contributed by atoms with Gasteiger partial charge in [-0.2, -0.15) is 0 Å². The molecule has 0 amide bonds. The van der Waals surface area contributed by atoms with Crippen molar-refractivity contribution in [2.75, 3.05) is 0 Å². The number of aromatic carboxylic acids is 1. The van der Waals surface area contributed by atoms with Crippen molar-refractivity contribution in [3.8, 4) is 0 Å². The summed E-state index contributed by atoms with van der Waals surface area (Å²) in [5.74, 6) is -1.59. The Kier molecular flexibility index (Phi) is 3.93. The third-order valence-electron chi connectivity index (χ3n) is 3.88. The van der Waals surface area contributed by atoms with Crippen molar-refractivity contribution < 1.29 is 14.7 Å². The predicted molar refractivity (Wildman–Crippen MR) is 78.7 cm³/mol. The van der Waals surface area contributed by atoms with Crippen LogP contribution >= 0.6 is 0 Å². The number of aromatic amines is 1. The summed E-state index contributed by atoms with van der Waals surface area (Å²) in [4.78, 5) is 29.6. The van der Waals surface area contributed by atoms with E-state index in [2.05, 4.69) is 30.7 Å². The predicted octanol–water partition coefficient (Wildman–Crippen LogP) is 3.03. The number of nitrogens with one attached hydrogen (secondary N) is 1. The maximum Gasteiger partial charge on any atom is 0.354 e. The molecule has 0 aliphatic rings. The Morgan fingerprint density at radius 2 is 1.86 bits per heavy atom. The van der Waals surface area contributed by atoms with Gasteiger partial charge >= 0.3 is 5.97 Å². The zero-order chi connectivity index (χ0) is 15.6. The Labute approximate surface area is 123 Å². The number of carbonyl (C=O) groups is 2. The van der Waals surface area contributed by atoms with Crippen molar-refractivity contribution in [2.24, 2.45) is 0 Å². The largest absolute Gasteiger partial charge is 0.477 e. The second-order valence-corrected chi connectivity index (χ2v) is 5.58. The van der Waals surface area contributed by atoms with E-state index in [1.54, 1.807) is 12.1 Å². The normalized spacial score (nSPS) is 11.4. The Morgan fingerprint density at radius 1 is 1.24 bits per heavy atom. The molecule has 0 fully saturated rings. The molecule has 0 spiro atoms. The lowest BCUT2D eigenvalue weighted by molar-refractivity contribution is 0.0687. The number of hydrogen-bond acceptors (Lipinski definition) is 3. The molecule has 21 heavy (non-hydrogen) atoms. The van der Waals surface area contributed by atoms with Gasteiger partial charge in [-0.1, -0.05) is 45.0 Å². The first-order valence-corrected chi connectivity index (χ1v) is 6.78. The number of rotatable bonds is 5. The molecule has 0 aliphatic carbocycles. The van der Waals surface area contributed by atoms with Crippen molar-refractivity contribution in [1.29, 1.82) is 0 Å². The van der Waals surface area contributed by atoms with E-state index in [4.69, 9.17) is 5.11 Å². The monoisotopic (exact) mass is 286 g/mol. The SMILES string of the molecule is CCC(C)(C)c1ccc(C(=O)c2nc[nH]c2C(=O)O)cc1. The van der Waals surface area contributed by atoms with Crippen LogP contribution in [0.15, 0.2) is 30.6 Å². The highest BCUT2D eigenvalue weighted by atomic mass is 16.4. The van der Waals surface area contributed by atoms with E-state index in [1.807, 2.05) is 12.1 Å². The highest BCUT2D eigenvalue weighted by Gasteiger charge is 2.22. The molecule has 0 aliphatic heterocycles. The molecule has 5 nitrogen and oxygen atoms in total. The maximum atomic E-state index is 12.3. The minimum atomic E-state index is -1.19. The number of carbonyl (C=O) groups excluding carboxylic acids is 1. The van der Waals surface area contributed by atoms with Crippen LogP contribution in [0.5, 0.6) is 0 Å². The van der Waals surface area contributed by atoms with Gasteiger partial charge < -0.3 is 10.1 Å². The summed E-state index contributed by atoms with van der Waals surface area (Å²) in [5, 5.41) is 9.01. The van der Waals surface area contributed by atoms with Crippen molar-refractivity contribution in [3.63, 3.8) is 0 Å². The Bertz CT molecular complexity index is 669. The van der Waals surface area contributed by atoms with Crippen molar-refractivity contribution in [1.82, 2.24) is 9.97 Å². The number of aromatic nitrogens is 2. The van der Waals surface area contributed by atoms with Gasteiger partial charge in [0.05, 0.1) is 6.33 Å². The quantitative estimate of drug-likeness (QED) is 0.828. The van der Waals surface area contributed by atoms with Crippen LogP contribution in [0.4, 0.5) is 0 Å². The molecule has 2 N–H and O–H groups in total. The van der Waals surface area contributed by atoms with Crippen LogP contribution in [0.1, 0.15) is 59.3 Å². The van der Waals surface area contributed by atoms with E-state index >= 15 is 0 Å². The van der Waals surface area contributed by atoms with Gasteiger partial charge in [-0.15, -0.1) is 0 Å². The third kappa shape index (κ3) is 2.86. The summed E-state index contributed by atoms with van der Waals surface area (Å²) < 4.78 is 0. The molecule has 0 radical (unpaired) electrons. The molecule has 0 unspecified atom stereocenters. The first kappa shape index (κ1) is 15.0. The van der Waals surface area contributed by atoms with Gasteiger partial charge in [0.1, 0.15) is 5.69 Å². The van der Waals surface area contributed by atoms with Crippen molar-refractivity contribution in [2.45, 2.75) is 32.6 Å². The van der Waals surface area contributed by atoms with E-state index < -0.39 is 11.8 Å². The molecule has 1 heterocycles. The van der Waals surface area contributed by atoms with Crippen LogP contribution in [0.25, 0.3) is 0 Å². The van der Waals surface area contributed by atoms with Crippen LogP contribution < -0.4 is 0 Å². The lowest BCUT2D eigenvalue weighted by atomic mass is 9.82. The van der Waals surface area contributed by atoms with Gasteiger partial charge in [0.25, 0.3) is 0 Å². The molecule has 0 bridgehead atoms. The highest BCUT2D eigenvalue weighted by molar-refractivity contribution is 6.12. The Morgan fingerprint density at radius 3 is 2.38 bits per heavy atom. The molecule has 2 aromatic rings. The van der Waals surface area contributed by atoms with Crippen molar-refractivity contribution >= 4 is 11.8 Å². The average Bonchev–Trinajstić information content (AvgIpc) is 2.96. The van der Waals surface area contributed by atoms with E-state index in [9.17, 15) is 9.59 Å². The van der Waals surface area contributed by atoms with E-state index in [1.165, 1.54) is 6.33 Å². The Hall–Kier alpha value is -2.43. The molecule has 0 atom stereocenters. The van der Waals surface area contributed by atoms with Crippen LogP contribution in [0, 0.1) is 0 Å². The molecule has 5 heteroatoms. The second kappa shape index (κ2) is 5.52. The van der Waals surface area contributed by atoms with Gasteiger partial charge in [0, 0.05) is 5.56 Å². The molecule has 1 aromatic heterocycles. The first-order chi connectivity index (χ1) is 9.86. The number of H-pyrrole nitrogens is 1. The number of nitrogens with zero attached hydrogens (tertiary/aromatic N) is 1. The maximum absolute atomic E-state index is 12.3. The van der Waals surface area contributed by atoms with Crippen molar-refractivity contribution in [3.05, 3.63) is 53.1 Å². The topological polar surface area (TPSA) is 83.0 Å². The minimum absolute atomic E-state index is 0.0418. The number of carboxylic acids is 1. The molecular formula is C16H18N2O3. The molecule has 0 saturated heterocycles. The molecule has 2 rings (SSSR count). The van der Waals surface area contributed by atoms with E-state index in [0.717, 1.165) is 12.0 Å². The van der Waals surface area contributed by atoms with Gasteiger partial charge in [-0.25, -0.2) is 9.78 Å². The lowest BCUT2D eigenvalue weighted by Crippen LogP contribution is -2.16. The summed E-state index contributed by atoms with van der Waals surface area (Å²) >= 11 is 0.